The summed E-state index contributed by atoms with van der Waals surface area (Å²) in [5.41, 5.74) is 0. The molecular weight excluding hydrogens is 162 g/mol. The van der Waals surface area contributed by atoms with Crippen LogP contribution in [0.2, 0.25) is 0 Å². The van der Waals surface area contributed by atoms with Gasteiger partial charge in [-0.25, -0.2) is 0 Å². The molecule has 0 radical (unpaired) electrons. The Labute approximate surface area is 81.4 Å². The Balaban J connectivity index is 2.21. The number of hydrogen-bond donors (Lipinski definition) is 0. The number of aliphatic imine (C=N–C) groups is 1. The molecule has 0 spiro atoms. The molecule has 0 aromatic rings. The molecule has 2 heteroatoms. The predicted molar refractivity (Wildman–Crippen MR) is 56.2 cm³/mol. The third-order valence-electron chi connectivity index (χ3n) is 2.65. The van der Waals surface area contributed by atoms with E-state index in [-0.39, 0.29) is 0 Å². The molecule has 1 unspecified atom stereocenters. The van der Waals surface area contributed by atoms with Gasteiger partial charge in [-0.05, 0) is 12.3 Å². The number of rotatable bonds is 6. The summed E-state index contributed by atoms with van der Waals surface area (Å²) in [6, 6.07) is 0. The van der Waals surface area contributed by atoms with Crippen LogP contribution in [0.4, 0.5) is 0 Å². The number of nitrogens with zero attached hydrogens (tertiary/aromatic N) is 1. The zero-order valence-electron chi connectivity index (χ0n) is 8.88. The first-order chi connectivity index (χ1) is 6.36. The minimum atomic E-state index is 0.789. The molecule has 0 aromatic carbocycles. The van der Waals surface area contributed by atoms with Crippen molar-refractivity contribution in [3.8, 4) is 0 Å². The fourth-order valence-electron chi connectivity index (χ4n) is 1.69. The minimum Gasteiger partial charge on any atom is -0.479 e. The molecule has 0 saturated heterocycles. The van der Waals surface area contributed by atoms with Gasteiger partial charge in [-0.15, -0.1) is 0 Å². The summed E-state index contributed by atoms with van der Waals surface area (Å²) in [5, 5.41) is 0. The molecule has 0 N–H and O–H groups in total. The third-order valence-corrected chi connectivity index (χ3v) is 2.65. The Hall–Kier alpha value is -0.530. The lowest BCUT2D eigenvalue weighted by atomic mass is 9.96. The lowest BCUT2D eigenvalue weighted by molar-refractivity contribution is 0.323. The molecule has 1 rings (SSSR count). The predicted octanol–water partition coefficient (Wildman–Crippen LogP) is 3.02. The van der Waals surface area contributed by atoms with Crippen molar-refractivity contribution in [3.05, 3.63) is 0 Å². The van der Waals surface area contributed by atoms with Crippen molar-refractivity contribution in [2.75, 3.05) is 13.2 Å². The van der Waals surface area contributed by atoms with Crippen molar-refractivity contribution in [2.45, 2.75) is 46.0 Å². The van der Waals surface area contributed by atoms with E-state index in [0.29, 0.717) is 0 Å². The largest absolute Gasteiger partial charge is 0.479 e. The Bertz CT molecular complexity index is 165. The van der Waals surface area contributed by atoms with Gasteiger partial charge in [0.1, 0.15) is 6.61 Å². The maximum absolute atomic E-state index is 5.42. The van der Waals surface area contributed by atoms with Crippen LogP contribution in [-0.2, 0) is 4.74 Å². The quantitative estimate of drug-likeness (QED) is 0.620. The van der Waals surface area contributed by atoms with E-state index < -0.39 is 0 Å². The Kier molecular flexibility index (Phi) is 4.87. The van der Waals surface area contributed by atoms with Gasteiger partial charge in [0, 0.05) is 6.42 Å². The van der Waals surface area contributed by atoms with Crippen molar-refractivity contribution in [1.82, 2.24) is 0 Å². The Morgan fingerprint density at radius 2 is 2.31 bits per heavy atom. The van der Waals surface area contributed by atoms with E-state index in [1.54, 1.807) is 0 Å². The Morgan fingerprint density at radius 3 is 2.85 bits per heavy atom. The first kappa shape index (κ1) is 10.6. The highest BCUT2D eigenvalue weighted by Gasteiger charge is 2.13. The molecule has 0 bridgehead atoms. The molecule has 0 aliphatic carbocycles. The SMILES string of the molecule is CCCCC(CC)CC1=NCCO1. The smallest absolute Gasteiger partial charge is 0.183 e. The molecule has 0 amide bonds. The van der Waals surface area contributed by atoms with Gasteiger partial charge in [-0.3, -0.25) is 4.99 Å². The molecule has 13 heavy (non-hydrogen) atoms. The topological polar surface area (TPSA) is 21.6 Å². The van der Waals surface area contributed by atoms with Crippen molar-refractivity contribution >= 4 is 5.90 Å². The summed E-state index contributed by atoms with van der Waals surface area (Å²) in [6.07, 6.45) is 6.28. The highest BCUT2D eigenvalue weighted by atomic mass is 16.5. The van der Waals surface area contributed by atoms with Gasteiger partial charge in [0.2, 0.25) is 0 Å². The van der Waals surface area contributed by atoms with E-state index >= 15 is 0 Å². The number of unbranched alkanes of at least 4 members (excludes halogenated alkanes) is 1. The summed E-state index contributed by atoms with van der Waals surface area (Å²) in [6.45, 7) is 6.19. The van der Waals surface area contributed by atoms with E-state index in [9.17, 15) is 0 Å². The second-order valence-corrected chi connectivity index (χ2v) is 3.74. The molecule has 0 saturated carbocycles. The first-order valence-electron chi connectivity index (χ1n) is 5.53. The summed E-state index contributed by atoms with van der Waals surface area (Å²) in [5.74, 6) is 1.79. The summed E-state index contributed by atoms with van der Waals surface area (Å²) in [4.78, 5) is 4.33. The van der Waals surface area contributed by atoms with Crippen LogP contribution < -0.4 is 0 Å². The molecule has 2 nitrogen and oxygen atoms in total. The minimum absolute atomic E-state index is 0.789. The highest BCUT2D eigenvalue weighted by Crippen LogP contribution is 2.18. The lowest BCUT2D eigenvalue weighted by Crippen LogP contribution is -2.08. The number of hydrogen-bond acceptors (Lipinski definition) is 2. The van der Waals surface area contributed by atoms with Crippen LogP contribution in [0, 0.1) is 5.92 Å². The maximum Gasteiger partial charge on any atom is 0.183 e. The zero-order chi connectivity index (χ0) is 9.52. The first-order valence-corrected chi connectivity index (χ1v) is 5.53. The van der Waals surface area contributed by atoms with Crippen LogP contribution >= 0.6 is 0 Å². The third kappa shape index (κ3) is 3.79. The van der Waals surface area contributed by atoms with E-state index in [4.69, 9.17) is 4.74 Å². The van der Waals surface area contributed by atoms with E-state index in [1.165, 1.54) is 25.7 Å². The second kappa shape index (κ2) is 6.01. The fraction of sp³-hybridized carbons (Fsp3) is 0.909. The maximum atomic E-state index is 5.42. The average molecular weight is 183 g/mol. The summed E-state index contributed by atoms with van der Waals surface area (Å²) in [7, 11) is 0. The molecule has 1 aliphatic heterocycles. The fourth-order valence-corrected chi connectivity index (χ4v) is 1.69. The zero-order valence-corrected chi connectivity index (χ0v) is 8.88. The lowest BCUT2D eigenvalue weighted by Gasteiger charge is -2.13. The average Bonchev–Trinajstić information content (AvgIpc) is 2.64. The van der Waals surface area contributed by atoms with Crippen LogP contribution in [0.3, 0.4) is 0 Å². The Morgan fingerprint density at radius 1 is 1.46 bits per heavy atom. The second-order valence-electron chi connectivity index (χ2n) is 3.74. The van der Waals surface area contributed by atoms with Crippen molar-refractivity contribution in [3.63, 3.8) is 0 Å². The molecule has 1 heterocycles. The molecule has 0 fully saturated rings. The molecule has 0 aromatic heterocycles. The van der Waals surface area contributed by atoms with E-state index in [2.05, 4.69) is 18.8 Å². The van der Waals surface area contributed by atoms with Crippen molar-refractivity contribution < 1.29 is 4.74 Å². The van der Waals surface area contributed by atoms with Gasteiger partial charge in [-0.1, -0.05) is 33.1 Å². The molecule has 76 valence electrons. The highest BCUT2D eigenvalue weighted by molar-refractivity contribution is 5.77. The van der Waals surface area contributed by atoms with Crippen LogP contribution in [0.25, 0.3) is 0 Å². The van der Waals surface area contributed by atoms with Crippen molar-refractivity contribution in [2.24, 2.45) is 10.9 Å². The van der Waals surface area contributed by atoms with Crippen LogP contribution in [-0.4, -0.2) is 19.0 Å². The van der Waals surface area contributed by atoms with Gasteiger partial charge in [0.25, 0.3) is 0 Å². The molecular formula is C11H21NO. The van der Waals surface area contributed by atoms with Crippen LogP contribution in [0.1, 0.15) is 46.0 Å². The summed E-state index contributed by atoms with van der Waals surface area (Å²) < 4.78 is 5.42. The molecule has 1 atom stereocenters. The monoisotopic (exact) mass is 183 g/mol. The van der Waals surface area contributed by atoms with E-state index in [1.807, 2.05) is 0 Å². The van der Waals surface area contributed by atoms with Crippen molar-refractivity contribution in [1.29, 1.82) is 0 Å². The normalized spacial score (nSPS) is 18.2. The van der Waals surface area contributed by atoms with Gasteiger partial charge in [0.05, 0.1) is 6.54 Å². The van der Waals surface area contributed by atoms with E-state index in [0.717, 1.165) is 31.4 Å². The number of ether oxygens (including phenoxy) is 1. The van der Waals surface area contributed by atoms with Gasteiger partial charge < -0.3 is 4.74 Å². The van der Waals surface area contributed by atoms with Crippen LogP contribution in [0.15, 0.2) is 4.99 Å². The van der Waals surface area contributed by atoms with Gasteiger partial charge >= 0.3 is 0 Å². The van der Waals surface area contributed by atoms with Gasteiger partial charge in [-0.2, -0.15) is 0 Å². The van der Waals surface area contributed by atoms with Gasteiger partial charge in [0.15, 0.2) is 5.90 Å². The summed E-state index contributed by atoms with van der Waals surface area (Å²) >= 11 is 0. The standard InChI is InChI=1S/C11H21NO/c1-3-5-6-10(4-2)9-11-12-7-8-13-11/h10H,3-9H2,1-2H3. The van der Waals surface area contributed by atoms with Crippen LogP contribution in [0.5, 0.6) is 0 Å². The molecule has 1 aliphatic rings.